The zero-order chi connectivity index (χ0) is 20.4. The largest absolute Gasteiger partial charge is 0.309 e. The van der Waals surface area contributed by atoms with Crippen molar-refractivity contribution >= 4 is 43.6 Å². The summed E-state index contributed by atoms with van der Waals surface area (Å²) in [6.45, 7) is 1.31. The lowest BCUT2D eigenvalue weighted by Crippen LogP contribution is -2.34. The number of nitrogens with zero attached hydrogens (tertiary/aromatic N) is 5. The van der Waals surface area contributed by atoms with Crippen molar-refractivity contribution in [3.05, 3.63) is 60.2 Å². The monoisotopic (exact) mass is 409 g/mol. The summed E-state index contributed by atoms with van der Waals surface area (Å²) < 4.78 is 14.3. The molecule has 0 radical (unpaired) electrons. The van der Waals surface area contributed by atoms with Crippen molar-refractivity contribution in [2.24, 2.45) is 0 Å². The van der Waals surface area contributed by atoms with Crippen LogP contribution < -0.4 is 4.90 Å². The number of carbonyl (C=O) groups excluding carboxylic acids is 1. The number of anilines is 1. The molecular formula is C21H20FN5OS. The van der Waals surface area contributed by atoms with Gasteiger partial charge in [0.1, 0.15) is 11.5 Å². The topological polar surface area (TPSA) is 62.2 Å². The summed E-state index contributed by atoms with van der Waals surface area (Å²) in [7, 11) is 3.98. The molecule has 0 unspecified atom stereocenters. The van der Waals surface area contributed by atoms with Gasteiger partial charge in [-0.25, -0.2) is 14.4 Å². The average Bonchev–Trinajstić information content (AvgIpc) is 3.13. The van der Waals surface area contributed by atoms with Crippen LogP contribution in [-0.2, 0) is 0 Å². The molecule has 0 spiro atoms. The lowest BCUT2D eigenvalue weighted by Gasteiger charge is -2.20. The van der Waals surface area contributed by atoms with E-state index < -0.39 is 0 Å². The molecule has 0 atom stereocenters. The molecule has 0 saturated heterocycles. The van der Waals surface area contributed by atoms with E-state index >= 15 is 0 Å². The second kappa shape index (κ2) is 8.18. The van der Waals surface area contributed by atoms with Crippen molar-refractivity contribution in [3.63, 3.8) is 0 Å². The number of fused-ring (bicyclic) bond motifs is 2. The van der Waals surface area contributed by atoms with Crippen molar-refractivity contribution in [1.82, 2.24) is 19.9 Å². The van der Waals surface area contributed by atoms with E-state index in [1.807, 2.05) is 38.4 Å². The molecular weight excluding hydrogens is 389 g/mol. The fourth-order valence-corrected chi connectivity index (χ4v) is 4.04. The van der Waals surface area contributed by atoms with Gasteiger partial charge in [0.2, 0.25) is 0 Å². The Balaban J connectivity index is 1.70. The van der Waals surface area contributed by atoms with Crippen LogP contribution in [0.4, 0.5) is 9.52 Å². The number of halogens is 1. The Morgan fingerprint density at radius 1 is 1.03 bits per heavy atom. The van der Waals surface area contributed by atoms with E-state index in [0.717, 1.165) is 18.5 Å². The molecule has 4 rings (SSSR count). The minimum absolute atomic E-state index is 0.262. The van der Waals surface area contributed by atoms with Gasteiger partial charge in [0.05, 0.1) is 27.4 Å². The third-order valence-electron chi connectivity index (χ3n) is 4.47. The first-order chi connectivity index (χ1) is 14.0. The van der Waals surface area contributed by atoms with E-state index in [2.05, 4.69) is 19.9 Å². The van der Waals surface area contributed by atoms with Crippen molar-refractivity contribution in [2.75, 3.05) is 32.1 Å². The Morgan fingerprint density at radius 3 is 2.62 bits per heavy atom. The smallest absolute Gasteiger partial charge is 0.280 e. The molecule has 0 aliphatic carbocycles. The van der Waals surface area contributed by atoms with Crippen LogP contribution in [0.5, 0.6) is 0 Å². The molecule has 0 N–H and O–H groups in total. The Bertz CT molecular complexity index is 1180. The van der Waals surface area contributed by atoms with Gasteiger partial charge in [-0.2, -0.15) is 0 Å². The summed E-state index contributed by atoms with van der Waals surface area (Å²) in [5.74, 6) is -0.583. The van der Waals surface area contributed by atoms with Crippen LogP contribution in [0.2, 0.25) is 0 Å². The van der Waals surface area contributed by atoms with E-state index in [1.54, 1.807) is 11.0 Å². The van der Waals surface area contributed by atoms with Crippen LogP contribution >= 0.6 is 11.3 Å². The minimum atomic E-state index is -0.321. The van der Waals surface area contributed by atoms with Gasteiger partial charge < -0.3 is 4.90 Å². The van der Waals surface area contributed by atoms with E-state index in [9.17, 15) is 9.18 Å². The van der Waals surface area contributed by atoms with Crippen molar-refractivity contribution < 1.29 is 9.18 Å². The summed E-state index contributed by atoms with van der Waals surface area (Å²) in [6.07, 6.45) is 2.26. The third kappa shape index (κ3) is 4.23. The highest BCUT2D eigenvalue weighted by atomic mass is 32.1. The van der Waals surface area contributed by atoms with Gasteiger partial charge in [0, 0.05) is 6.54 Å². The van der Waals surface area contributed by atoms with Gasteiger partial charge in [-0.15, -0.1) is 0 Å². The number of rotatable bonds is 6. The summed E-state index contributed by atoms with van der Waals surface area (Å²) in [5, 5.41) is 0.532. The number of benzene rings is 2. The summed E-state index contributed by atoms with van der Waals surface area (Å²) >= 11 is 1.30. The fraction of sp³-hybridized carbons (Fsp3) is 0.238. The maximum absolute atomic E-state index is 13.6. The maximum atomic E-state index is 13.6. The Morgan fingerprint density at radius 2 is 1.83 bits per heavy atom. The molecule has 4 aromatic rings. The van der Waals surface area contributed by atoms with Crippen molar-refractivity contribution in [3.8, 4) is 0 Å². The van der Waals surface area contributed by atoms with Crippen LogP contribution in [-0.4, -0.2) is 52.9 Å². The van der Waals surface area contributed by atoms with Gasteiger partial charge in [-0.05, 0) is 57.4 Å². The molecule has 148 valence electrons. The van der Waals surface area contributed by atoms with Gasteiger partial charge in [0.25, 0.3) is 5.91 Å². The number of amides is 1. The Hall–Kier alpha value is -2.97. The first kappa shape index (κ1) is 19.4. The quantitative estimate of drug-likeness (QED) is 0.482. The van der Waals surface area contributed by atoms with E-state index in [-0.39, 0.29) is 17.4 Å². The molecule has 8 heteroatoms. The maximum Gasteiger partial charge on any atom is 0.280 e. The number of carbonyl (C=O) groups is 1. The van der Waals surface area contributed by atoms with Gasteiger partial charge in [-0.1, -0.05) is 23.5 Å². The summed E-state index contributed by atoms with van der Waals surface area (Å²) in [5.41, 5.74) is 2.33. The second-order valence-electron chi connectivity index (χ2n) is 6.97. The molecule has 6 nitrogen and oxygen atoms in total. The molecule has 2 heterocycles. The number of aromatic nitrogens is 3. The molecule has 0 aliphatic rings. The summed E-state index contributed by atoms with van der Waals surface area (Å²) in [6, 6.07) is 11.9. The highest BCUT2D eigenvalue weighted by Crippen LogP contribution is 2.30. The lowest BCUT2D eigenvalue weighted by molar-refractivity contribution is 0.0981. The SMILES string of the molecule is CN(C)CCCN(C(=O)c1cnc2ccccc2n1)c1nc2ccc(F)cc2s1. The highest BCUT2D eigenvalue weighted by Gasteiger charge is 2.23. The van der Waals surface area contributed by atoms with Crippen LogP contribution in [0.1, 0.15) is 16.9 Å². The fourth-order valence-electron chi connectivity index (χ4n) is 3.03. The predicted octanol–water partition coefficient (Wildman–Crippen LogP) is 3.98. The first-order valence-corrected chi connectivity index (χ1v) is 10.1. The molecule has 0 fully saturated rings. The van der Waals surface area contributed by atoms with Gasteiger partial charge in [0.15, 0.2) is 5.13 Å². The predicted molar refractivity (Wildman–Crippen MR) is 114 cm³/mol. The third-order valence-corrected chi connectivity index (χ3v) is 5.51. The Labute approximate surface area is 171 Å². The number of para-hydroxylation sites is 2. The zero-order valence-corrected chi connectivity index (χ0v) is 17.0. The zero-order valence-electron chi connectivity index (χ0n) is 16.2. The number of hydrogen-bond acceptors (Lipinski definition) is 6. The van der Waals surface area contributed by atoms with Crippen LogP contribution in [0, 0.1) is 5.82 Å². The standard InChI is InChI=1S/C21H20FN5OS/c1-26(2)10-5-11-27(21-25-17-9-8-14(22)12-19(17)29-21)20(28)18-13-23-15-6-3-4-7-16(15)24-18/h3-4,6-9,12-13H,5,10-11H2,1-2H3. The van der Waals surface area contributed by atoms with Gasteiger partial charge >= 0.3 is 0 Å². The molecule has 0 saturated carbocycles. The highest BCUT2D eigenvalue weighted by molar-refractivity contribution is 7.22. The van der Waals surface area contributed by atoms with Gasteiger partial charge in [-0.3, -0.25) is 14.7 Å². The van der Waals surface area contributed by atoms with Crippen LogP contribution in [0.3, 0.4) is 0 Å². The van der Waals surface area contributed by atoms with E-state index in [4.69, 9.17) is 0 Å². The number of hydrogen-bond donors (Lipinski definition) is 0. The lowest BCUT2D eigenvalue weighted by atomic mass is 10.2. The number of thiazole rings is 1. The first-order valence-electron chi connectivity index (χ1n) is 9.26. The van der Waals surface area contributed by atoms with Crippen LogP contribution in [0.25, 0.3) is 21.3 Å². The van der Waals surface area contributed by atoms with Crippen LogP contribution in [0.15, 0.2) is 48.7 Å². The molecule has 0 bridgehead atoms. The molecule has 0 aliphatic heterocycles. The van der Waals surface area contributed by atoms with Crippen molar-refractivity contribution in [2.45, 2.75) is 6.42 Å². The van der Waals surface area contributed by atoms with Crippen molar-refractivity contribution in [1.29, 1.82) is 0 Å². The molecule has 29 heavy (non-hydrogen) atoms. The van der Waals surface area contributed by atoms with E-state index in [1.165, 1.54) is 29.7 Å². The molecule has 1 amide bonds. The normalized spacial score (nSPS) is 11.4. The van der Waals surface area contributed by atoms with E-state index in [0.29, 0.717) is 27.4 Å². The summed E-state index contributed by atoms with van der Waals surface area (Å²) in [4.78, 5) is 30.4. The average molecular weight is 409 g/mol. The molecule has 2 aromatic heterocycles. The molecule has 2 aromatic carbocycles. The minimum Gasteiger partial charge on any atom is -0.309 e. The Kier molecular flexibility index (Phi) is 5.46. The second-order valence-corrected chi connectivity index (χ2v) is 7.98.